The van der Waals surface area contributed by atoms with Gasteiger partial charge < -0.3 is 14.7 Å². The molecule has 0 saturated carbocycles. The van der Waals surface area contributed by atoms with Gasteiger partial charge in [-0.05, 0) is 31.0 Å². The van der Waals surface area contributed by atoms with E-state index in [1.165, 1.54) is 23.1 Å². The summed E-state index contributed by atoms with van der Waals surface area (Å²) in [7, 11) is 0. The van der Waals surface area contributed by atoms with Crippen LogP contribution in [-0.2, 0) is 4.79 Å². The number of nitro benzene ring substituents is 1. The lowest BCUT2D eigenvalue weighted by atomic mass is 9.96. The summed E-state index contributed by atoms with van der Waals surface area (Å²) in [6.45, 7) is 0.562. The Kier molecular flexibility index (Phi) is 5.35. The van der Waals surface area contributed by atoms with Gasteiger partial charge in [-0.25, -0.2) is 0 Å². The molecule has 8 nitrogen and oxygen atoms in total. The van der Waals surface area contributed by atoms with E-state index in [1.54, 1.807) is 24.3 Å². The van der Waals surface area contributed by atoms with Crippen molar-refractivity contribution in [3.63, 3.8) is 0 Å². The fourth-order valence-electron chi connectivity index (χ4n) is 3.00. The van der Waals surface area contributed by atoms with Crippen LogP contribution in [0.25, 0.3) is 0 Å². The molecule has 0 unspecified atom stereocenters. The van der Waals surface area contributed by atoms with Gasteiger partial charge in [-0.15, -0.1) is 0 Å². The number of amides is 1. The van der Waals surface area contributed by atoms with Crippen molar-refractivity contribution in [2.45, 2.75) is 12.8 Å². The van der Waals surface area contributed by atoms with Gasteiger partial charge in [-0.2, -0.15) is 0 Å². The number of carboxylic acids is 1. The highest BCUT2D eigenvalue weighted by atomic mass is 16.6. The molecule has 1 amide bonds. The topological polar surface area (TPSA) is 110 Å². The number of hydrogen-bond acceptors (Lipinski definition) is 5. The van der Waals surface area contributed by atoms with Crippen LogP contribution in [0.4, 0.5) is 5.69 Å². The van der Waals surface area contributed by atoms with Gasteiger partial charge in [0.25, 0.3) is 11.6 Å². The number of benzene rings is 2. The number of likely N-dealkylation sites (tertiary alicyclic amines) is 1. The third-order valence-electron chi connectivity index (χ3n) is 4.51. The highest BCUT2D eigenvalue weighted by Gasteiger charge is 2.29. The van der Waals surface area contributed by atoms with E-state index in [2.05, 4.69) is 0 Å². The molecule has 0 radical (unpaired) electrons. The number of aliphatic carboxylic acids is 1. The minimum atomic E-state index is -0.870. The fourth-order valence-corrected chi connectivity index (χ4v) is 3.00. The Balaban J connectivity index is 1.87. The summed E-state index contributed by atoms with van der Waals surface area (Å²) in [6, 6.07) is 12.7. The van der Waals surface area contributed by atoms with Crippen molar-refractivity contribution in [2.75, 3.05) is 13.1 Å². The molecule has 3 rings (SSSR count). The van der Waals surface area contributed by atoms with Gasteiger partial charge >= 0.3 is 5.97 Å². The number of para-hydroxylation sites is 1. The van der Waals surface area contributed by atoms with Crippen LogP contribution in [0.15, 0.2) is 48.5 Å². The van der Waals surface area contributed by atoms with Crippen LogP contribution in [0.3, 0.4) is 0 Å². The largest absolute Gasteiger partial charge is 0.481 e. The molecule has 1 saturated heterocycles. The summed E-state index contributed by atoms with van der Waals surface area (Å²) in [5.74, 6) is -1.03. The Morgan fingerprint density at radius 1 is 1.11 bits per heavy atom. The van der Waals surface area contributed by atoms with Gasteiger partial charge in [0.1, 0.15) is 11.5 Å². The van der Waals surface area contributed by atoms with E-state index in [9.17, 15) is 19.7 Å². The molecule has 1 aliphatic rings. The minimum Gasteiger partial charge on any atom is -0.481 e. The van der Waals surface area contributed by atoms with Crippen LogP contribution in [0.5, 0.6) is 11.5 Å². The van der Waals surface area contributed by atoms with Gasteiger partial charge in [0.05, 0.1) is 16.4 Å². The Bertz CT molecular complexity index is 860. The van der Waals surface area contributed by atoms with Gasteiger partial charge in [-0.1, -0.05) is 18.2 Å². The van der Waals surface area contributed by atoms with Gasteiger partial charge in [-0.3, -0.25) is 19.7 Å². The molecule has 1 N–H and O–H groups in total. The van der Waals surface area contributed by atoms with E-state index >= 15 is 0 Å². The normalized spacial score (nSPS) is 14.6. The van der Waals surface area contributed by atoms with Crippen LogP contribution in [0.2, 0.25) is 0 Å². The standard InChI is InChI=1S/C19H18N2O6/c22-18(20-10-8-13(9-11-20)19(23)24)16-12-14(21(25)26)6-7-17(16)27-15-4-2-1-3-5-15/h1-7,12-13H,8-11H2,(H,23,24). The molecule has 1 heterocycles. The van der Waals surface area contributed by atoms with E-state index in [0.717, 1.165) is 0 Å². The van der Waals surface area contributed by atoms with Crippen molar-refractivity contribution in [3.05, 3.63) is 64.2 Å². The van der Waals surface area contributed by atoms with Crippen molar-refractivity contribution in [1.29, 1.82) is 0 Å². The summed E-state index contributed by atoms with van der Waals surface area (Å²) in [4.78, 5) is 36.1. The van der Waals surface area contributed by atoms with E-state index in [-0.39, 0.29) is 30.1 Å². The van der Waals surface area contributed by atoms with Crippen molar-refractivity contribution in [3.8, 4) is 11.5 Å². The quantitative estimate of drug-likeness (QED) is 0.638. The molecule has 27 heavy (non-hydrogen) atoms. The second-order valence-corrected chi connectivity index (χ2v) is 6.26. The maximum absolute atomic E-state index is 12.9. The van der Waals surface area contributed by atoms with Crippen molar-refractivity contribution in [2.24, 2.45) is 5.92 Å². The average molecular weight is 370 g/mol. The van der Waals surface area contributed by atoms with Crippen LogP contribution in [-0.4, -0.2) is 39.9 Å². The van der Waals surface area contributed by atoms with Gasteiger partial charge in [0, 0.05) is 25.2 Å². The third-order valence-corrected chi connectivity index (χ3v) is 4.51. The number of carbonyl (C=O) groups is 2. The molecular formula is C19H18N2O6. The highest BCUT2D eigenvalue weighted by molar-refractivity contribution is 5.98. The predicted octanol–water partition coefficient (Wildman–Crippen LogP) is 3.32. The molecule has 1 fully saturated rings. The Hall–Kier alpha value is -3.42. The number of carbonyl (C=O) groups excluding carboxylic acids is 1. The number of piperidine rings is 1. The maximum atomic E-state index is 12.9. The zero-order valence-electron chi connectivity index (χ0n) is 14.4. The van der Waals surface area contributed by atoms with Crippen molar-refractivity contribution in [1.82, 2.24) is 4.90 Å². The number of nitrogens with zero attached hydrogens (tertiary/aromatic N) is 2. The van der Waals surface area contributed by atoms with E-state index < -0.39 is 22.7 Å². The summed E-state index contributed by atoms with van der Waals surface area (Å²) >= 11 is 0. The molecule has 140 valence electrons. The Labute approximate surface area is 155 Å². The van der Waals surface area contributed by atoms with Crippen LogP contribution in [0.1, 0.15) is 23.2 Å². The van der Waals surface area contributed by atoms with Crippen LogP contribution >= 0.6 is 0 Å². The number of non-ortho nitro benzene ring substituents is 1. The molecule has 2 aromatic rings. The van der Waals surface area contributed by atoms with E-state index in [1.807, 2.05) is 6.07 Å². The summed E-state index contributed by atoms with van der Waals surface area (Å²) in [5, 5.41) is 20.2. The first kappa shape index (κ1) is 18.4. The Morgan fingerprint density at radius 2 is 1.78 bits per heavy atom. The van der Waals surface area contributed by atoms with Crippen LogP contribution in [0, 0.1) is 16.0 Å². The van der Waals surface area contributed by atoms with Gasteiger partial charge in [0.15, 0.2) is 0 Å². The molecular weight excluding hydrogens is 352 g/mol. The lowest BCUT2D eigenvalue weighted by Gasteiger charge is -2.30. The number of ether oxygens (including phenoxy) is 1. The third kappa shape index (κ3) is 4.22. The predicted molar refractivity (Wildman–Crippen MR) is 95.9 cm³/mol. The molecule has 0 atom stereocenters. The first-order chi connectivity index (χ1) is 13.0. The SMILES string of the molecule is O=C(O)C1CCN(C(=O)c2cc([N+](=O)[O-])ccc2Oc2ccccc2)CC1. The molecule has 0 spiro atoms. The summed E-state index contributed by atoms with van der Waals surface area (Å²) in [6.07, 6.45) is 0.704. The Morgan fingerprint density at radius 3 is 2.37 bits per heavy atom. The van der Waals surface area contributed by atoms with Crippen molar-refractivity contribution < 1.29 is 24.4 Å². The lowest BCUT2D eigenvalue weighted by molar-refractivity contribution is -0.384. The first-order valence-corrected chi connectivity index (χ1v) is 8.49. The minimum absolute atomic E-state index is 0.0850. The average Bonchev–Trinajstić information content (AvgIpc) is 2.68. The van der Waals surface area contributed by atoms with Crippen molar-refractivity contribution >= 4 is 17.6 Å². The number of carboxylic acid groups (broad SMARTS) is 1. The first-order valence-electron chi connectivity index (χ1n) is 8.49. The number of hydrogen-bond donors (Lipinski definition) is 1. The summed E-state index contributed by atoms with van der Waals surface area (Å²) < 4.78 is 5.75. The molecule has 0 aliphatic carbocycles. The summed E-state index contributed by atoms with van der Waals surface area (Å²) in [5.41, 5.74) is -0.124. The fraction of sp³-hybridized carbons (Fsp3) is 0.263. The molecule has 0 aromatic heterocycles. The maximum Gasteiger partial charge on any atom is 0.306 e. The second kappa shape index (κ2) is 7.86. The zero-order valence-corrected chi connectivity index (χ0v) is 14.4. The van der Waals surface area contributed by atoms with E-state index in [0.29, 0.717) is 18.6 Å². The number of rotatable bonds is 5. The molecule has 2 aromatic carbocycles. The van der Waals surface area contributed by atoms with Gasteiger partial charge in [0.2, 0.25) is 0 Å². The van der Waals surface area contributed by atoms with Crippen LogP contribution < -0.4 is 4.74 Å². The smallest absolute Gasteiger partial charge is 0.306 e. The highest BCUT2D eigenvalue weighted by Crippen LogP contribution is 2.31. The van der Waals surface area contributed by atoms with E-state index in [4.69, 9.17) is 9.84 Å². The zero-order chi connectivity index (χ0) is 19.4. The molecule has 0 bridgehead atoms. The molecule has 1 aliphatic heterocycles. The number of nitro groups is 1. The second-order valence-electron chi connectivity index (χ2n) is 6.26. The molecule has 8 heteroatoms. The lowest BCUT2D eigenvalue weighted by Crippen LogP contribution is -2.40. The monoisotopic (exact) mass is 370 g/mol.